The molecule has 0 unspecified atom stereocenters. The van der Waals surface area contributed by atoms with Gasteiger partial charge in [-0.3, -0.25) is 0 Å². The van der Waals surface area contributed by atoms with Crippen molar-refractivity contribution in [3.05, 3.63) is 23.6 Å². The van der Waals surface area contributed by atoms with E-state index in [2.05, 4.69) is 21.9 Å². The van der Waals surface area contributed by atoms with Crippen molar-refractivity contribution in [2.24, 2.45) is 0 Å². The van der Waals surface area contributed by atoms with Crippen LogP contribution in [0.5, 0.6) is 0 Å². The Morgan fingerprint density at radius 3 is 3.24 bits per heavy atom. The fourth-order valence-electron chi connectivity index (χ4n) is 2.24. The zero-order valence-corrected chi connectivity index (χ0v) is 10.4. The van der Waals surface area contributed by atoms with Crippen molar-refractivity contribution in [3.63, 3.8) is 0 Å². The second kappa shape index (κ2) is 4.50. The minimum absolute atomic E-state index is 0.522. The van der Waals surface area contributed by atoms with Crippen LogP contribution < -0.4 is 11.1 Å². The molecule has 0 saturated carbocycles. The first kappa shape index (κ1) is 10.8. The molecule has 2 aromatic rings. The summed E-state index contributed by atoms with van der Waals surface area (Å²) in [5, 5.41) is 10.1. The standard InChI is InChI=1S/C12H16N4S/c13-12-7-10(11-4-2-6-17-11)15-16(12)8-9-3-1-5-14-9/h2,4,6-7,9,14H,1,3,5,8,13H2/t9-/m1/s1. The molecule has 1 aliphatic rings. The molecule has 5 heteroatoms. The molecular formula is C12H16N4S. The maximum Gasteiger partial charge on any atom is 0.122 e. The molecule has 3 N–H and O–H groups in total. The fourth-order valence-corrected chi connectivity index (χ4v) is 2.92. The zero-order chi connectivity index (χ0) is 11.7. The van der Waals surface area contributed by atoms with Gasteiger partial charge in [-0.05, 0) is 30.8 Å². The maximum absolute atomic E-state index is 6.00. The van der Waals surface area contributed by atoms with Crippen LogP contribution in [0, 0.1) is 0 Å². The maximum atomic E-state index is 6.00. The van der Waals surface area contributed by atoms with Crippen molar-refractivity contribution in [3.8, 4) is 10.6 Å². The van der Waals surface area contributed by atoms with Gasteiger partial charge in [-0.15, -0.1) is 11.3 Å². The lowest BCUT2D eigenvalue weighted by atomic mass is 10.2. The monoisotopic (exact) mass is 248 g/mol. The SMILES string of the molecule is Nc1cc(-c2cccs2)nn1C[C@H]1CCCN1. The van der Waals surface area contributed by atoms with Crippen molar-refractivity contribution in [2.45, 2.75) is 25.4 Å². The molecule has 4 nitrogen and oxygen atoms in total. The second-order valence-electron chi connectivity index (χ2n) is 4.41. The number of hydrogen-bond acceptors (Lipinski definition) is 4. The van der Waals surface area contributed by atoms with E-state index in [0.29, 0.717) is 6.04 Å². The van der Waals surface area contributed by atoms with Crippen LogP contribution in [0.3, 0.4) is 0 Å². The summed E-state index contributed by atoms with van der Waals surface area (Å²) in [6, 6.07) is 6.59. The summed E-state index contributed by atoms with van der Waals surface area (Å²) in [5.41, 5.74) is 6.98. The van der Waals surface area contributed by atoms with Crippen molar-refractivity contribution in [1.82, 2.24) is 15.1 Å². The van der Waals surface area contributed by atoms with E-state index in [1.54, 1.807) is 11.3 Å². The molecule has 1 atom stereocenters. The van der Waals surface area contributed by atoms with Gasteiger partial charge in [0.1, 0.15) is 11.5 Å². The molecule has 0 radical (unpaired) electrons. The summed E-state index contributed by atoms with van der Waals surface area (Å²) in [4.78, 5) is 1.18. The van der Waals surface area contributed by atoms with Gasteiger partial charge in [0.15, 0.2) is 0 Å². The number of nitrogens with two attached hydrogens (primary N) is 1. The van der Waals surface area contributed by atoms with Crippen molar-refractivity contribution >= 4 is 17.2 Å². The third-order valence-corrected chi connectivity index (χ3v) is 4.03. The molecule has 0 spiro atoms. The predicted molar refractivity (Wildman–Crippen MR) is 71.0 cm³/mol. The summed E-state index contributed by atoms with van der Waals surface area (Å²) < 4.78 is 1.91. The van der Waals surface area contributed by atoms with Gasteiger partial charge < -0.3 is 11.1 Å². The molecule has 1 aliphatic heterocycles. The third kappa shape index (κ3) is 2.21. The first-order valence-electron chi connectivity index (χ1n) is 5.93. The first-order chi connectivity index (χ1) is 8.33. The van der Waals surface area contributed by atoms with E-state index in [0.717, 1.165) is 24.6 Å². The molecule has 17 heavy (non-hydrogen) atoms. The molecule has 3 heterocycles. The van der Waals surface area contributed by atoms with Crippen LogP contribution in [0.1, 0.15) is 12.8 Å². The molecule has 3 rings (SSSR count). The molecule has 1 fully saturated rings. The Bertz CT molecular complexity index is 483. The Kier molecular flexibility index (Phi) is 2.86. The van der Waals surface area contributed by atoms with Crippen LogP contribution in [-0.2, 0) is 6.54 Å². The Morgan fingerprint density at radius 2 is 2.53 bits per heavy atom. The summed E-state index contributed by atoms with van der Waals surface area (Å²) in [5.74, 6) is 0.752. The highest BCUT2D eigenvalue weighted by Gasteiger charge is 2.17. The topological polar surface area (TPSA) is 55.9 Å². The van der Waals surface area contributed by atoms with Crippen molar-refractivity contribution in [1.29, 1.82) is 0 Å². The lowest BCUT2D eigenvalue weighted by Gasteiger charge is -2.10. The average Bonchev–Trinajstić information content (AvgIpc) is 3.02. The molecule has 2 aromatic heterocycles. The number of thiophene rings is 1. The molecule has 0 bridgehead atoms. The van der Waals surface area contributed by atoms with Crippen LogP contribution in [0.15, 0.2) is 23.6 Å². The Morgan fingerprint density at radius 1 is 1.59 bits per heavy atom. The van der Waals surface area contributed by atoms with E-state index in [1.807, 2.05) is 16.8 Å². The van der Waals surface area contributed by atoms with Gasteiger partial charge in [-0.2, -0.15) is 5.10 Å². The number of nitrogen functional groups attached to an aromatic ring is 1. The van der Waals surface area contributed by atoms with Gasteiger partial charge in [-0.1, -0.05) is 6.07 Å². The Labute approximate surface area is 104 Å². The van der Waals surface area contributed by atoms with E-state index in [-0.39, 0.29) is 0 Å². The number of hydrogen-bond donors (Lipinski definition) is 2. The van der Waals surface area contributed by atoms with Gasteiger partial charge in [0.2, 0.25) is 0 Å². The van der Waals surface area contributed by atoms with Crippen LogP contribution in [0.25, 0.3) is 10.6 Å². The molecule has 0 amide bonds. The van der Waals surface area contributed by atoms with Crippen molar-refractivity contribution in [2.75, 3.05) is 12.3 Å². The Balaban J connectivity index is 1.80. The number of aromatic nitrogens is 2. The normalized spacial score (nSPS) is 19.9. The summed E-state index contributed by atoms with van der Waals surface area (Å²) in [6.45, 7) is 1.99. The van der Waals surface area contributed by atoms with Crippen molar-refractivity contribution < 1.29 is 0 Å². The van der Waals surface area contributed by atoms with E-state index >= 15 is 0 Å². The second-order valence-corrected chi connectivity index (χ2v) is 5.35. The largest absolute Gasteiger partial charge is 0.384 e. The molecule has 90 valence electrons. The van der Waals surface area contributed by atoms with E-state index in [9.17, 15) is 0 Å². The lowest BCUT2D eigenvalue weighted by Crippen LogP contribution is -2.27. The summed E-state index contributed by atoms with van der Waals surface area (Å²) in [7, 11) is 0. The molecule has 0 aliphatic carbocycles. The number of rotatable bonds is 3. The minimum Gasteiger partial charge on any atom is -0.384 e. The van der Waals surface area contributed by atoms with Gasteiger partial charge in [-0.25, -0.2) is 4.68 Å². The van der Waals surface area contributed by atoms with E-state index < -0.39 is 0 Å². The van der Waals surface area contributed by atoms with Gasteiger partial charge in [0, 0.05) is 12.1 Å². The van der Waals surface area contributed by atoms with Gasteiger partial charge in [0.25, 0.3) is 0 Å². The highest BCUT2D eigenvalue weighted by Crippen LogP contribution is 2.25. The first-order valence-corrected chi connectivity index (χ1v) is 6.81. The van der Waals surface area contributed by atoms with Gasteiger partial charge >= 0.3 is 0 Å². The number of nitrogens with one attached hydrogen (secondary N) is 1. The highest BCUT2D eigenvalue weighted by molar-refractivity contribution is 7.13. The van der Waals surface area contributed by atoms with Crippen LogP contribution in [0.2, 0.25) is 0 Å². The molecular weight excluding hydrogens is 232 g/mol. The summed E-state index contributed by atoms with van der Waals surface area (Å²) >= 11 is 1.69. The third-order valence-electron chi connectivity index (χ3n) is 3.14. The smallest absolute Gasteiger partial charge is 0.122 e. The van der Waals surface area contributed by atoms with E-state index in [4.69, 9.17) is 5.73 Å². The minimum atomic E-state index is 0.522. The van der Waals surface area contributed by atoms with Crippen LogP contribution in [0.4, 0.5) is 5.82 Å². The molecule has 1 saturated heterocycles. The molecule has 0 aromatic carbocycles. The predicted octanol–water partition coefficient (Wildman–Crippen LogP) is 1.95. The quantitative estimate of drug-likeness (QED) is 0.873. The van der Waals surface area contributed by atoms with Crippen LogP contribution in [-0.4, -0.2) is 22.4 Å². The summed E-state index contributed by atoms with van der Waals surface area (Å²) in [6.07, 6.45) is 2.47. The number of nitrogens with zero attached hydrogens (tertiary/aromatic N) is 2. The number of anilines is 1. The van der Waals surface area contributed by atoms with Gasteiger partial charge in [0.05, 0.1) is 11.4 Å². The highest BCUT2D eigenvalue weighted by atomic mass is 32.1. The average molecular weight is 248 g/mol. The fraction of sp³-hybridized carbons (Fsp3) is 0.417. The Hall–Kier alpha value is -1.33. The lowest BCUT2D eigenvalue weighted by molar-refractivity contribution is 0.481. The zero-order valence-electron chi connectivity index (χ0n) is 9.60. The van der Waals surface area contributed by atoms with E-state index in [1.165, 1.54) is 17.7 Å². The van der Waals surface area contributed by atoms with Crippen LogP contribution >= 0.6 is 11.3 Å².